The molecule has 5 heteroatoms. The van der Waals surface area contributed by atoms with E-state index in [2.05, 4.69) is 33.6 Å². The molecule has 1 N–H and O–H groups in total. The summed E-state index contributed by atoms with van der Waals surface area (Å²) in [6, 6.07) is 2.16. The van der Waals surface area contributed by atoms with E-state index in [-0.39, 0.29) is 0 Å². The molecule has 4 nitrogen and oxygen atoms in total. The van der Waals surface area contributed by atoms with Crippen molar-refractivity contribution in [3.05, 3.63) is 11.4 Å². The van der Waals surface area contributed by atoms with Crippen LogP contribution in [-0.4, -0.2) is 29.6 Å². The molecule has 0 radical (unpaired) electrons. The molecule has 0 aliphatic carbocycles. The van der Waals surface area contributed by atoms with Gasteiger partial charge in [-0.25, -0.2) is 4.98 Å². The molecule has 3 rings (SSSR count). The molecule has 2 aromatic heterocycles. The van der Waals surface area contributed by atoms with E-state index in [9.17, 15) is 0 Å². The lowest BCUT2D eigenvalue weighted by Gasteiger charge is -2.26. The fraction of sp³-hybridized carbons (Fsp3) is 0.600. The molecule has 0 spiro atoms. The van der Waals surface area contributed by atoms with Gasteiger partial charge in [-0.15, -0.1) is 11.3 Å². The Morgan fingerprint density at radius 3 is 2.65 bits per heavy atom. The van der Waals surface area contributed by atoms with E-state index in [1.807, 2.05) is 0 Å². The number of anilines is 2. The molecule has 0 bridgehead atoms. The highest BCUT2D eigenvalue weighted by Crippen LogP contribution is 2.30. The number of hydrogen-bond acceptors (Lipinski definition) is 5. The van der Waals surface area contributed by atoms with Gasteiger partial charge in [-0.2, -0.15) is 4.98 Å². The number of rotatable bonds is 3. The largest absolute Gasteiger partial charge is 0.356 e. The van der Waals surface area contributed by atoms with Crippen LogP contribution < -0.4 is 10.2 Å². The maximum absolute atomic E-state index is 4.77. The average Bonchev–Trinajstić information content (AvgIpc) is 2.86. The van der Waals surface area contributed by atoms with Gasteiger partial charge in [-0.05, 0) is 31.2 Å². The fourth-order valence-electron chi connectivity index (χ4n) is 2.78. The molecule has 1 aliphatic rings. The molecule has 1 saturated heterocycles. The predicted octanol–water partition coefficient (Wildman–Crippen LogP) is 3.89. The SMILES string of the molecule is CCNc1nc(N2CCCCCCC2)c2ccsc2n1. The van der Waals surface area contributed by atoms with Crippen LogP contribution in [0.2, 0.25) is 0 Å². The minimum Gasteiger partial charge on any atom is -0.356 e. The third kappa shape index (κ3) is 2.87. The number of nitrogens with one attached hydrogen (secondary N) is 1. The Labute approximate surface area is 124 Å². The summed E-state index contributed by atoms with van der Waals surface area (Å²) in [5.41, 5.74) is 0. The predicted molar refractivity (Wildman–Crippen MR) is 86.9 cm³/mol. The van der Waals surface area contributed by atoms with Gasteiger partial charge < -0.3 is 10.2 Å². The number of fused-ring (bicyclic) bond motifs is 1. The Balaban J connectivity index is 1.96. The number of nitrogens with zero attached hydrogens (tertiary/aromatic N) is 3. The molecule has 0 atom stereocenters. The highest BCUT2D eigenvalue weighted by Gasteiger charge is 2.16. The van der Waals surface area contributed by atoms with Gasteiger partial charge in [-0.1, -0.05) is 19.3 Å². The van der Waals surface area contributed by atoms with E-state index in [4.69, 9.17) is 4.98 Å². The molecule has 20 heavy (non-hydrogen) atoms. The van der Waals surface area contributed by atoms with Crippen molar-refractivity contribution in [1.82, 2.24) is 9.97 Å². The summed E-state index contributed by atoms with van der Waals surface area (Å²) < 4.78 is 0. The molecule has 0 saturated carbocycles. The lowest BCUT2D eigenvalue weighted by atomic mass is 10.1. The first-order valence-electron chi connectivity index (χ1n) is 7.62. The summed E-state index contributed by atoms with van der Waals surface area (Å²) in [5.74, 6) is 1.88. The first-order valence-corrected chi connectivity index (χ1v) is 8.50. The van der Waals surface area contributed by atoms with Gasteiger partial charge in [0.25, 0.3) is 0 Å². The van der Waals surface area contributed by atoms with Gasteiger partial charge in [0.15, 0.2) is 0 Å². The van der Waals surface area contributed by atoms with Crippen molar-refractivity contribution >= 4 is 33.3 Å². The van der Waals surface area contributed by atoms with Crippen LogP contribution in [-0.2, 0) is 0 Å². The number of aromatic nitrogens is 2. The van der Waals surface area contributed by atoms with Crippen LogP contribution in [0.5, 0.6) is 0 Å². The third-order valence-electron chi connectivity index (χ3n) is 3.80. The summed E-state index contributed by atoms with van der Waals surface area (Å²) in [6.45, 7) is 5.18. The molecule has 108 valence electrons. The third-order valence-corrected chi connectivity index (χ3v) is 4.60. The normalized spacial score (nSPS) is 16.9. The Morgan fingerprint density at radius 1 is 1.15 bits per heavy atom. The molecule has 1 fully saturated rings. The second-order valence-electron chi connectivity index (χ2n) is 5.30. The van der Waals surface area contributed by atoms with Crippen molar-refractivity contribution in [3.8, 4) is 0 Å². The molecule has 1 aliphatic heterocycles. The maximum Gasteiger partial charge on any atom is 0.226 e. The zero-order valence-corrected chi connectivity index (χ0v) is 12.9. The maximum atomic E-state index is 4.77. The minimum atomic E-state index is 0.763. The van der Waals surface area contributed by atoms with Crippen molar-refractivity contribution in [2.75, 3.05) is 29.9 Å². The molecular weight excluding hydrogens is 268 g/mol. The van der Waals surface area contributed by atoms with Crippen LogP contribution in [0.4, 0.5) is 11.8 Å². The van der Waals surface area contributed by atoms with E-state index >= 15 is 0 Å². The van der Waals surface area contributed by atoms with Crippen LogP contribution in [0, 0.1) is 0 Å². The molecule has 2 aromatic rings. The number of thiophene rings is 1. The lowest BCUT2D eigenvalue weighted by Crippen LogP contribution is -2.28. The first kappa shape index (κ1) is 13.6. The Hall–Kier alpha value is -1.36. The highest BCUT2D eigenvalue weighted by atomic mass is 32.1. The fourth-order valence-corrected chi connectivity index (χ4v) is 3.54. The summed E-state index contributed by atoms with van der Waals surface area (Å²) in [4.78, 5) is 12.9. The van der Waals surface area contributed by atoms with Crippen molar-refractivity contribution in [2.24, 2.45) is 0 Å². The zero-order chi connectivity index (χ0) is 13.8. The van der Waals surface area contributed by atoms with E-state index in [1.165, 1.54) is 37.5 Å². The summed E-state index contributed by atoms with van der Waals surface area (Å²) in [7, 11) is 0. The van der Waals surface area contributed by atoms with Gasteiger partial charge in [0.05, 0.1) is 5.39 Å². The van der Waals surface area contributed by atoms with Crippen molar-refractivity contribution in [3.63, 3.8) is 0 Å². The lowest BCUT2D eigenvalue weighted by molar-refractivity contribution is 0.554. The van der Waals surface area contributed by atoms with Crippen molar-refractivity contribution in [1.29, 1.82) is 0 Å². The smallest absolute Gasteiger partial charge is 0.226 e. The average molecular weight is 290 g/mol. The summed E-state index contributed by atoms with van der Waals surface area (Å²) in [6.07, 6.45) is 6.61. The summed E-state index contributed by atoms with van der Waals surface area (Å²) in [5, 5.41) is 6.57. The Kier molecular flexibility index (Phi) is 4.35. The van der Waals surface area contributed by atoms with Crippen LogP contribution >= 0.6 is 11.3 Å². The standard InChI is InChI=1S/C15H22N4S/c1-2-16-15-17-13(12-8-11-20-14(12)18-15)19-9-6-4-3-5-7-10-19/h8,11H,2-7,9-10H2,1H3,(H,16,17,18). The highest BCUT2D eigenvalue weighted by molar-refractivity contribution is 7.16. The van der Waals surface area contributed by atoms with Crippen LogP contribution in [0.25, 0.3) is 10.2 Å². The first-order chi connectivity index (χ1) is 9.88. The second-order valence-corrected chi connectivity index (χ2v) is 6.19. The van der Waals surface area contributed by atoms with Crippen molar-refractivity contribution < 1.29 is 0 Å². The van der Waals surface area contributed by atoms with E-state index in [0.717, 1.165) is 36.2 Å². The summed E-state index contributed by atoms with van der Waals surface area (Å²) >= 11 is 1.70. The quantitative estimate of drug-likeness (QED) is 0.931. The van der Waals surface area contributed by atoms with E-state index in [0.29, 0.717) is 0 Å². The van der Waals surface area contributed by atoms with Gasteiger partial charge in [0, 0.05) is 19.6 Å². The Bertz CT molecular complexity index is 558. The molecule has 0 unspecified atom stereocenters. The van der Waals surface area contributed by atoms with Gasteiger partial charge >= 0.3 is 0 Å². The van der Waals surface area contributed by atoms with Crippen LogP contribution in [0.3, 0.4) is 0 Å². The minimum absolute atomic E-state index is 0.763. The number of hydrogen-bond donors (Lipinski definition) is 1. The molecule has 0 aromatic carbocycles. The second kappa shape index (κ2) is 6.39. The van der Waals surface area contributed by atoms with E-state index < -0.39 is 0 Å². The van der Waals surface area contributed by atoms with Crippen molar-refractivity contribution in [2.45, 2.75) is 39.0 Å². The molecular formula is C15H22N4S. The molecule has 0 amide bonds. The molecule has 3 heterocycles. The van der Waals surface area contributed by atoms with Crippen LogP contribution in [0.1, 0.15) is 39.0 Å². The topological polar surface area (TPSA) is 41.1 Å². The monoisotopic (exact) mass is 290 g/mol. The van der Waals surface area contributed by atoms with Gasteiger partial charge in [0.2, 0.25) is 5.95 Å². The van der Waals surface area contributed by atoms with Gasteiger partial charge in [0.1, 0.15) is 10.6 Å². The van der Waals surface area contributed by atoms with Crippen LogP contribution in [0.15, 0.2) is 11.4 Å². The van der Waals surface area contributed by atoms with E-state index in [1.54, 1.807) is 11.3 Å². The Morgan fingerprint density at radius 2 is 1.90 bits per heavy atom. The zero-order valence-electron chi connectivity index (χ0n) is 12.1. The van der Waals surface area contributed by atoms with Gasteiger partial charge in [-0.3, -0.25) is 0 Å².